The highest BCUT2D eigenvalue weighted by atomic mass is 35.5. The number of carbonyl (C=O) groups excluding carboxylic acids is 1. The largest absolute Gasteiger partial charge is 0.487 e. The Bertz CT molecular complexity index is 892. The molecule has 28 heavy (non-hydrogen) atoms. The number of nitrogens with zero attached hydrogens (tertiary/aromatic N) is 3. The Morgan fingerprint density at radius 1 is 1.29 bits per heavy atom. The second kappa shape index (κ2) is 9.78. The summed E-state index contributed by atoms with van der Waals surface area (Å²) in [6, 6.07) is 13.5. The quantitative estimate of drug-likeness (QED) is 0.685. The summed E-state index contributed by atoms with van der Waals surface area (Å²) < 4.78 is 7.82. The lowest BCUT2D eigenvalue weighted by atomic mass is 10.1. The minimum atomic E-state index is 0. The van der Waals surface area contributed by atoms with E-state index in [1.807, 2.05) is 65.1 Å². The van der Waals surface area contributed by atoms with E-state index in [1.165, 1.54) is 0 Å². The molecule has 0 saturated carbocycles. The molecule has 8 heteroatoms. The zero-order valence-electron chi connectivity index (χ0n) is 15.6. The monoisotopic (exact) mass is 422 g/mol. The van der Waals surface area contributed by atoms with Crippen molar-refractivity contribution in [1.82, 2.24) is 19.6 Å². The maximum Gasteiger partial charge on any atom is 0.254 e. The summed E-state index contributed by atoms with van der Waals surface area (Å²) in [5.41, 5.74) is 2.39. The van der Waals surface area contributed by atoms with Crippen molar-refractivity contribution in [2.75, 3.05) is 20.1 Å². The van der Waals surface area contributed by atoms with Gasteiger partial charge in [0.05, 0.1) is 5.69 Å². The van der Waals surface area contributed by atoms with Crippen molar-refractivity contribution in [2.24, 2.45) is 0 Å². The van der Waals surface area contributed by atoms with Crippen LogP contribution in [0, 0.1) is 0 Å². The summed E-state index contributed by atoms with van der Waals surface area (Å²) in [7, 11) is 1.87. The first-order valence-electron chi connectivity index (χ1n) is 8.84. The van der Waals surface area contributed by atoms with Crippen molar-refractivity contribution in [1.29, 1.82) is 0 Å². The fourth-order valence-electron chi connectivity index (χ4n) is 3.27. The third-order valence-corrected chi connectivity index (χ3v) is 4.78. The summed E-state index contributed by atoms with van der Waals surface area (Å²) in [4.78, 5) is 19.0. The van der Waals surface area contributed by atoms with E-state index < -0.39 is 0 Å². The van der Waals surface area contributed by atoms with Crippen LogP contribution in [0.2, 0.25) is 0 Å². The number of carbonyl (C=O) groups is 1. The number of hydrogen-bond donors (Lipinski definition) is 1. The van der Waals surface area contributed by atoms with Crippen molar-refractivity contribution in [2.45, 2.75) is 19.1 Å². The number of nitrogens with one attached hydrogen (secondary N) is 1. The number of benzene rings is 1. The van der Waals surface area contributed by atoms with Crippen LogP contribution < -0.4 is 10.1 Å². The number of imidazole rings is 1. The Morgan fingerprint density at radius 3 is 2.89 bits per heavy atom. The smallest absolute Gasteiger partial charge is 0.254 e. The number of likely N-dealkylation sites (N-methyl/N-ethyl adjacent to an activating group) is 1. The second-order valence-corrected chi connectivity index (χ2v) is 6.58. The number of fused-ring (bicyclic) bond motifs is 1. The van der Waals surface area contributed by atoms with Crippen LogP contribution in [0.15, 0.2) is 54.9 Å². The van der Waals surface area contributed by atoms with Crippen molar-refractivity contribution >= 4 is 36.4 Å². The molecule has 1 atom stereocenters. The Labute approximate surface area is 176 Å². The van der Waals surface area contributed by atoms with Crippen LogP contribution in [0.1, 0.15) is 22.5 Å². The van der Waals surface area contributed by atoms with Crippen LogP contribution in [0.5, 0.6) is 5.75 Å². The van der Waals surface area contributed by atoms with E-state index in [0.717, 1.165) is 30.9 Å². The third-order valence-electron chi connectivity index (χ3n) is 4.78. The Balaban J connectivity index is 0.00000140. The molecule has 150 valence electrons. The molecular weight excluding hydrogens is 399 g/mol. The number of pyridine rings is 1. The van der Waals surface area contributed by atoms with Crippen LogP contribution in [0.25, 0.3) is 5.65 Å². The zero-order valence-corrected chi connectivity index (χ0v) is 17.2. The van der Waals surface area contributed by atoms with Gasteiger partial charge in [0.2, 0.25) is 0 Å². The van der Waals surface area contributed by atoms with Crippen molar-refractivity contribution in [3.05, 3.63) is 66.1 Å². The fourth-order valence-corrected chi connectivity index (χ4v) is 3.27. The maximum absolute atomic E-state index is 12.7. The number of halogens is 2. The molecule has 4 rings (SSSR count). The molecule has 0 bridgehead atoms. The minimum Gasteiger partial charge on any atom is -0.487 e. The topological polar surface area (TPSA) is 58.9 Å². The van der Waals surface area contributed by atoms with Gasteiger partial charge in [-0.25, -0.2) is 4.98 Å². The molecule has 1 aliphatic rings. The molecule has 1 unspecified atom stereocenters. The molecule has 0 radical (unpaired) electrons. The first-order chi connectivity index (χ1) is 12.7. The van der Waals surface area contributed by atoms with Gasteiger partial charge < -0.3 is 19.4 Å². The molecule has 1 N–H and O–H groups in total. The Kier molecular flexibility index (Phi) is 7.69. The number of rotatable bonds is 5. The van der Waals surface area contributed by atoms with E-state index in [2.05, 4.69) is 10.3 Å². The Morgan fingerprint density at radius 2 is 2.14 bits per heavy atom. The lowest BCUT2D eigenvalue weighted by Gasteiger charge is -2.24. The van der Waals surface area contributed by atoms with Crippen molar-refractivity contribution < 1.29 is 9.53 Å². The van der Waals surface area contributed by atoms with Gasteiger partial charge in [0.15, 0.2) is 0 Å². The lowest BCUT2D eigenvalue weighted by molar-refractivity contribution is 0.0743. The molecule has 3 aromatic rings. The van der Waals surface area contributed by atoms with Crippen molar-refractivity contribution in [3.8, 4) is 5.75 Å². The highest BCUT2D eigenvalue weighted by Crippen LogP contribution is 2.18. The number of ether oxygens (including phenoxy) is 1. The van der Waals surface area contributed by atoms with E-state index in [-0.39, 0.29) is 36.8 Å². The SMILES string of the molecule is CN(C(=O)c1cccc(OCc2cn3ccccc3n2)c1)C1CCNC1.Cl.Cl. The summed E-state index contributed by atoms with van der Waals surface area (Å²) in [6.45, 7) is 2.18. The van der Waals surface area contributed by atoms with Crippen molar-refractivity contribution in [3.63, 3.8) is 0 Å². The zero-order chi connectivity index (χ0) is 17.9. The molecule has 2 aromatic heterocycles. The van der Waals surface area contributed by atoms with Crippen LogP contribution in [0.3, 0.4) is 0 Å². The second-order valence-electron chi connectivity index (χ2n) is 6.58. The third kappa shape index (κ3) is 4.76. The molecule has 1 amide bonds. The number of amides is 1. The highest BCUT2D eigenvalue weighted by Gasteiger charge is 2.24. The van der Waals surface area contributed by atoms with Gasteiger partial charge in [-0.05, 0) is 43.3 Å². The average molecular weight is 423 g/mol. The highest BCUT2D eigenvalue weighted by molar-refractivity contribution is 5.94. The molecule has 1 fully saturated rings. The van der Waals surface area contributed by atoms with Gasteiger partial charge in [0.1, 0.15) is 18.0 Å². The van der Waals surface area contributed by atoms with Gasteiger partial charge in [0.25, 0.3) is 5.91 Å². The van der Waals surface area contributed by atoms with Gasteiger partial charge in [-0.1, -0.05) is 12.1 Å². The summed E-state index contributed by atoms with van der Waals surface area (Å²) >= 11 is 0. The number of aromatic nitrogens is 2. The van der Waals surface area contributed by atoms with E-state index in [4.69, 9.17) is 4.74 Å². The van der Waals surface area contributed by atoms with E-state index in [1.54, 1.807) is 6.07 Å². The molecule has 1 saturated heterocycles. The van der Waals surface area contributed by atoms with E-state index in [0.29, 0.717) is 17.9 Å². The molecule has 1 aromatic carbocycles. The van der Waals surface area contributed by atoms with Crippen LogP contribution in [-0.4, -0.2) is 46.4 Å². The van der Waals surface area contributed by atoms with E-state index in [9.17, 15) is 4.79 Å². The van der Waals surface area contributed by atoms with Crippen LogP contribution in [-0.2, 0) is 6.61 Å². The minimum absolute atomic E-state index is 0. The molecule has 6 nitrogen and oxygen atoms in total. The molecular formula is C20H24Cl2N4O2. The lowest BCUT2D eigenvalue weighted by Crippen LogP contribution is -2.38. The normalized spacial score (nSPS) is 15.5. The van der Waals surface area contributed by atoms with Gasteiger partial charge in [-0.3, -0.25) is 4.79 Å². The van der Waals surface area contributed by atoms with Gasteiger partial charge in [0, 0.05) is 37.6 Å². The molecule has 0 spiro atoms. The summed E-state index contributed by atoms with van der Waals surface area (Å²) in [5, 5.41) is 3.29. The van der Waals surface area contributed by atoms with Crippen LogP contribution >= 0.6 is 24.8 Å². The first kappa shape index (κ1) is 22.0. The predicted molar refractivity (Wildman–Crippen MR) is 114 cm³/mol. The standard InChI is InChI=1S/C20H22N4O2.2ClH/c1-23(17-8-9-21-12-17)20(25)15-5-4-6-18(11-15)26-14-16-13-24-10-3-2-7-19(24)22-16;;/h2-7,10-11,13,17,21H,8-9,12,14H2,1H3;2*1H. The van der Waals surface area contributed by atoms with Gasteiger partial charge in [-0.2, -0.15) is 0 Å². The number of hydrogen-bond acceptors (Lipinski definition) is 4. The summed E-state index contributed by atoms with van der Waals surface area (Å²) in [6.07, 6.45) is 4.90. The predicted octanol–water partition coefficient (Wildman–Crippen LogP) is 3.19. The van der Waals surface area contributed by atoms with Gasteiger partial charge >= 0.3 is 0 Å². The molecule has 1 aliphatic heterocycles. The van der Waals surface area contributed by atoms with E-state index >= 15 is 0 Å². The van der Waals surface area contributed by atoms with Crippen LogP contribution in [0.4, 0.5) is 0 Å². The first-order valence-corrected chi connectivity index (χ1v) is 8.84. The summed E-state index contributed by atoms with van der Waals surface area (Å²) in [5.74, 6) is 0.697. The maximum atomic E-state index is 12.7. The average Bonchev–Trinajstić information content (AvgIpc) is 3.34. The van der Waals surface area contributed by atoms with Gasteiger partial charge in [-0.15, -0.1) is 24.8 Å². The fraction of sp³-hybridized carbons (Fsp3) is 0.300. The Hall–Kier alpha value is -2.28. The molecule has 0 aliphatic carbocycles. The molecule has 3 heterocycles.